The van der Waals surface area contributed by atoms with E-state index in [0.717, 1.165) is 0 Å². The van der Waals surface area contributed by atoms with Crippen LogP contribution in [0.15, 0.2) is 18.2 Å². The molecular formula is C8H9ClFNO. The number of benzene rings is 1. The van der Waals surface area contributed by atoms with Crippen molar-refractivity contribution in [2.75, 3.05) is 0 Å². The fourth-order valence-corrected chi connectivity index (χ4v) is 1.12. The summed E-state index contributed by atoms with van der Waals surface area (Å²) in [6, 6.07) is 4.18. The summed E-state index contributed by atoms with van der Waals surface area (Å²) in [4.78, 5) is 4.52. The lowest BCUT2D eigenvalue weighted by Gasteiger charge is -2.08. The molecule has 2 N–H and O–H groups in total. The Morgan fingerprint density at radius 3 is 2.67 bits per heavy atom. The van der Waals surface area contributed by atoms with Crippen molar-refractivity contribution in [1.29, 1.82) is 0 Å². The minimum absolute atomic E-state index is 0.342. The molecular weight excluding hydrogens is 181 g/mol. The highest BCUT2D eigenvalue weighted by atomic mass is 35.5. The number of hydrogen-bond donors (Lipinski definition) is 1. The molecule has 0 heterocycles. The Morgan fingerprint density at radius 2 is 2.17 bits per heavy atom. The number of hydrogen-bond acceptors (Lipinski definition) is 2. The minimum Gasteiger partial charge on any atom is -0.297 e. The van der Waals surface area contributed by atoms with Gasteiger partial charge < -0.3 is 0 Å². The lowest BCUT2D eigenvalue weighted by molar-refractivity contribution is 0.0662. The van der Waals surface area contributed by atoms with Crippen LogP contribution in [0.3, 0.4) is 0 Å². The Hall–Kier alpha value is -0.640. The Kier molecular flexibility index (Phi) is 3.03. The standard InChI is InChI=1S/C8H9ClFNO/c1-5(12-11)6-2-7(9)4-8(10)3-6/h2-5H,11H2,1H3. The van der Waals surface area contributed by atoms with Gasteiger partial charge in [0.25, 0.3) is 0 Å². The molecule has 1 rings (SSSR count). The zero-order valence-corrected chi connectivity index (χ0v) is 7.31. The highest BCUT2D eigenvalue weighted by molar-refractivity contribution is 6.30. The molecule has 0 radical (unpaired) electrons. The molecule has 12 heavy (non-hydrogen) atoms. The predicted octanol–water partition coefficient (Wildman–Crippen LogP) is 2.43. The van der Waals surface area contributed by atoms with E-state index in [1.54, 1.807) is 13.0 Å². The fraction of sp³-hybridized carbons (Fsp3) is 0.250. The summed E-state index contributed by atoms with van der Waals surface area (Å²) < 4.78 is 12.7. The van der Waals surface area contributed by atoms with Crippen molar-refractivity contribution < 1.29 is 9.23 Å². The Balaban J connectivity index is 3.00. The first kappa shape index (κ1) is 9.45. The van der Waals surface area contributed by atoms with Crippen LogP contribution in [-0.2, 0) is 4.84 Å². The van der Waals surface area contributed by atoms with Gasteiger partial charge in [-0.05, 0) is 30.7 Å². The van der Waals surface area contributed by atoms with Gasteiger partial charge in [0.15, 0.2) is 0 Å². The van der Waals surface area contributed by atoms with Crippen LogP contribution in [0.2, 0.25) is 5.02 Å². The summed E-state index contributed by atoms with van der Waals surface area (Å²) in [5.74, 6) is 4.55. The molecule has 0 spiro atoms. The van der Waals surface area contributed by atoms with Crippen molar-refractivity contribution in [3.63, 3.8) is 0 Å². The lowest BCUT2D eigenvalue weighted by Crippen LogP contribution is -2.05. The van der Waals surface area contributed by atoms with Gasteiger partial charge in [-0.15, -0.1) is 0 Å². The van der Waals surface area contributed by atoms with Gasteiger partial charge in [0, 0.05) is 5.02 Å². The maximum atomic E-state index is 12.7. The topological polar surface area (TPSA) is 35.2 Å². The average Bonchev–Trinajstić information content (AvgIpc) is 2.01. The molecule has 0 fully saturated rings. The molecule has 66 valence electrons. The number of rotatable bonds is 2. The monoisotopic (exact) mass is 189 g/mol. The molecule has 2 nitrogen and oxygen atoms in total. The van der Waals surface area contributed by atoms with Gasteiger partial charge in [0.2, 0.25) is 0 Å². The molecule has 1 aromatic rings. The molecule has 0 aliphatic carbocycles. The van der Waals surface area contributed by atoms with E-state index < -0.39 is 0 Å². The van der Waals surface area contributed by atoms with Gasteiger partial charge in [0.1, 0.15) is 11.9 Å². The maximum absolute atomic E-state index is 12.7. The summed E-state index contributed by atoms with van der Waals surface area (Å²) in [5, 5.41) is 0.342. The molecule has 0 aliphatic rings. The molecule has 0 amide bonds. The van der Waals surface area contributed by atoms with E-state index in [0.29, 0.717) is 10.6 Å². The van der Waals surface area contributed by atoms with Crippen LogP contribution >= 0.6 is 11.6 Å². The van der Waals surface area contributed by atoms with E-state index in [-0.39, 0.29) is 11.9 Å². The Labute approximate surface area is 75.0 Å². The van der Waals surface area contributed by atoms with Crippen molar-refractivity contribution in [3.05, 3.63) is 34.6 Å². The second kappa shape index (κ2) is 3.85. The first-order valence-corrected chi connectivity index (χ1v) is 3.83. The Morgan fingerprint density at radius 1 is 1.50 bits per heavy atom. The van der Waals surface area contributed by atoms with Gasteiger partial charge in [-0.25, -0.2) is 10.3 Å². The van der Waals surface area contributed by atoms with E-state index in [1.807, 2.05) is 0 Å². The maximum Gasteiger partial charge on any atom is 0.125 e. The van der Waals surface area contributed by atoms with Crippen molar-refractivity contribution in [2.45, 2.75) is 13.0 Å². The summed E-state index contributed by atoms with van der Waals surface area (Å²) in [6.07, 6.45) is -0.349. The molecule has 1 aromatic carbocycles. The van der Waals surface area contributed by atoms with Gasteiger partial charge >= 0.3 is 0 Å². The lowest BCUT2D eigenvalue weighted by atomic mass is 10.1. The van der Waals surface area contributed by atoms with Crippen molar-refractivity contribution in [2.24, 2.45) is 5.90 Å². The molecule has 4 heteroatoms. The van der Waals surface area contributed by atoms with Crippen LogP contribution in [0.25, 0.3) is 0 Å². The third kappa shape index (κ3) is 2.17. The molecule has 0 saturated heterocycles. The highest BCUT2D eigenvalue weighted by Gasteiger charge is 2.06. The fourth-order valence-electron chi connectivity index (χ4n) is 0.888. The van der Waals surface area contributed by atoms with Crippen LogP contribution in [0.4, 0.5) is 4.39 Å². The quantitative estimate of drug-likeness (QED) is 0.726. The Bertz CT molecular complexity index is 260. The van der Waals surface area contributed by atoms with Crippen LogP contribution < -0.4 is 5.90 Å². The third-order valence-electron chi connectivity index (χ3n) is 1.56. The first-order valence-electron chi connectivity index (χ1n) is 3.45. The third-order valence-corrected chi connectivity index (χ3v) is 1.78. The molecule has 1 unspecified atom stereocenters. The summed E-state index contributed by atoms with van der Waals surface area (Å²) in [5.41, 5.74) is 0.627. The minimum atomic E-state index is -0.388. The van der Waals surface area contributed by atoms with E-state index in [2.05, 4.69) is 4.84 Å². The van der Waals surface area contributed by atoms with Crippen LogP contribution in [-0.4, -0.2) is 0 Å². The van der Waals surface area contributed by atoms with E-state index in [9.17, 15) is 4.39 Å². The summed E-state index contributed by atoms with van der Waals surface area (Å²) in [6.45, 7) is 1.71. The molecule has 1 atom stereocenters. The second-order valence-corrected chi connectivity index (χ2v) is 2.92. The second-order valence-electron chi connectivity index (χ2n) is 2.48. The molecule has 0 aromatic heterocycles. The van der Waals surface area contributed by atoms with Gasteiger partial charge in [-0.2, -0.15) is 0 Å². The smallest absolute Gasteiger partial charge is 0.125 e. The summed E-state index contributed by atoms with van der Waals surface area (Å²) >= 11 is 5.61. The van der Waals surface area contributed by atoms with E-state index in [4.69, 9.17) is 17.5 Å². The number of nitrogens with two attached hydrogens (primary N) is 1. The van der Waals surface area contributed by atoms with E-state index in [1.165, 1.54) is 12.1 Å². The molecule has 0 saturated carbocycles. The van der Waals surface area contributed by atoms with Crippen molar-refractivity contribution in [1.82, 2.24) is 0 Å². The van der Waals surface area contributed by atoms with Gasteiger partial charge in [-0.3, -0.25) is 4.84 Å². The zero-order valence-electron chi connectivity index (χ0n) is 6.55. The number of halogens is 2. The average molecular weight is 190 g/mol. The van der Waals surface area contributed by atoms with Gasteiger partial charge in [-0.1, -0.05) is 11.6 Å². The predicted molar refractivity (Wildman–Crippen MR) is 45.1 cm³/mol. The van der Waals surface area contributed by atoms with E-state index >= 15 is 0 Å². The molecule has 0 aliphatic heterocycles. The molecule has 0 bridgehead atoms. The van der Waals surface area contributed by atoms with Crippen LogP contribution in [0, 0.1) is 5.82 Å². The van der Waals surface area contributed by atoms with Crippen LogP contribution in [0.1, 0.15) is 18.6 Å². The SMILES string of the molecule is CC(ON)c1cc(F)cc(Cl)c1. The van der Waals surface area contributed by atoms with Crippen molar-refractivity contribution in [3.8, 4) is 0 Å². The largest absolute Gasteiger partial charge is 0.297 e. The van der Waals surface area contributed by atoms with Crippen molar-refractivity contribution >= 4 is 11.6 Å². The normalized spacial score (nSPS) is 13.0. The summed E-state index contributed by atoms with van der Waals surface area (Å²) in [7, 11) is 0. The van der Waals surface area contributed by atoms with Crippen LogP contribution in [0.5, 0.6) is 0 Å². The zero-order chi connectivity index (χ0) is 9.14. The van der Waals surface area contributed by atoms with Gasteiger partial charge in [0.05, 0.1) is 0 Å². The first-order chi connectivity index (χ1) is 5.63. The highest BCUT2D eigenvalue weighted by Crippen LogP contribution is 2.20.